The van der Waals surface area contributed by atoms with Gasteiger partial charge in [0.25, 0.3) is 5.69 Å². The van der Waals surface area contributed by atoms with E-state index in [2.05, 4.69) is 4.98 Å². The predicted molar refractivity (Wildman–Crippen MR) is 74.9 cm³/mol. The van der Waals surface area contributed by atoms with Crippen LogP contribution < -0.4 is 11.5 Å². The maximum Gasteiger partial charge on any atom is 0.420 e. The van der Waals surface area contributed by atoms with Gasteiger partial charge in [0.1, 0.15) is 5.82 Å². The number of rotatable bonds is 3. The van der Waals surface area contributed by atoms with E-state index in [1.165, 1.54) is 29.0 Å². The summed E-state index contributed by atoms with van der Waals surface area (Å²) in [5, 5.41) is 10.8. The van der Waals surface area contributed by atoms with Gasteiger partial charge in [-0.3, -0.25) is 14.7 Å². The van der Waals surface area contributed by atoms with E-state index in [-0.39, 0.29) is 12.2 Å². The second-order valence-corrected chi connectivity index (χ2v) is 4.45. The lowest BCUT2D eigenvalue weighted by Gasteiger charge is -2.02. The molecule has 8 heteroatoms. The molecule has 3 rings (SSSR count). The Balaban J connectivity index is 2.10. The first kappa shape index (κ1) is 12.9. The summed E-state index contributed by atoms with van der Waals surface area (Å²) in [5.74, 6) is -0.207. The Morgan fingerprint density at radius 3 is 2.81 bits per heavy atom. The first-order valence-corrected chi connectivity index (χ1v) is 6.03. The molecule has 2 heterocycles. The van der Waals surface area contributed by atoms with Crippen LogP contribution in [0.4, 0.5) is 11.5 Å². The highest BCUT2D eigenvalue weighted by Gasteiger charge is 2.14. The first-order valence-electron chi connectivity index (χ1n) is 6.03. The number of nitro benzene ring substituents is 1. The van der Waals surface area contributed by atoms with Gasteiger partial charge in [0, 0.05) is 18.3 Å². The highest BCUT2D eigenvalue weighted by molar-refractivity contribution is 5.76. The topological polar surface area (TPSA) is 117 Å². The molecule has 21 heavy (non-hydrogen) atoms. The molecule has 2 N–H and O–H groups in total. The Bertz CT molecular complexity index is 879. The van der Waals surface area contributed by atoms with Gasteiger partial charge in [-0.15, -0.1) is 0 Å². The number of benzene rings is 1. The third kappa shape index (κ3) is 2.34. The van der Waals surface area contributed by atoms with Crippen molar-refractivity contribution < 1.29 is 9.34 Å². The molecule has 0 aliphatic rings. The molecular weight excluding hydrogens is 276 g/mol. The van der Waals surface area contributed by atoms with Crippen LogP contribution in [0.25, 0.3) is 11.1 Å². The molecule has 2 aromatic heterocycles. The first-order chi connectivity index (χ1) is 10.0. The second kappa shape index (κ2) is 4.75. The van der Waals surface area contributed by atoms with Gasteiger partial charge in [0.15, 0.2) is 5.58 Å². The summed E-state index contributed by atoms with van der Waals surface area (Å²) >= 11 is 0. The summed E-state index contributed by atoms with van der Waals surface area (Å²) in [6.45, 7) is 0.195. The highest BCUT2D eigenvalue weighted by Crippen LogP contribution is 2.20. The van der Waals surface area contributed by atoms with Crippen molar-refractivity contribution >= 4 is 22.6 Å². The molecule has 3 aromatic rings. The van der Waals surface area contributed by atoms with Crippen LogP contribution in [0.3, 0.4) is 0 Å². The molecule has 0 saturated heterocycles. The summed E-state index contributed by atoms with van der Waals surface area (Å²) in [5.41, 5.74) is 6.80. The molecular formula is C13H10N4O4. The molecule has 1 aromatic carbocycles. The SMILES string of the molecule is Nc1ccc(Cn2c(=O)oc3ccc([N+](=O)[O-])cc32)cn1. The lowest BCUT2D eigenvalue weighted by atomic mass is 10.2. The number of hydrogen-bond acceptors (Lipinski definition) is 6. The molecule has 0 radical (unpaired) electrons. The van der Waals surface area contributed by atoms with E-state index in [0.717, 1.165) is 5.56 Å². The number of hydrogen-bond donors (Lipinski definition) is 1. The molecule has 0 aliphatic heterocycles. The van der Waals surface area contributed by atoms with E-state index in [4.69, 9.17) is 10.2 Å². The Morgan fingerprint density at radius 2 is 2.14 bits per heavy atom. The maximum atomic E-state index is 11.9. The van der Waals surface area contributed by atoms with E-state index in [0.29, 0.717) is 16.9 Å². The molecule has 0 spiro atoms. The number of aromatic nitrogens is 2. The van der Waals surface area contributed by atoms with Crippen LogP contribution in [0, 0.1) is 10.1 Å². The molecule has 8 nitrogen and oxygen atoms in total. The van der Waals surface area contributed by atoms with Gasteiger partial charge in [0.05, 0.1) is 17.0 Å². The van der Waals surface area contributed by atoms with Gasteiger partial charge >= 0.3 is 5.76 Å². The van der Waals surface area contributed by atoms with Crippen molar-refractivity contribution in [1.29, 1.82) is 0 Å². The largest absolute Gasteiger partial charge is 0.420 e. The van der Waals surface area contributed by atoms with Crippen LogP contribution in [0.2, 0.25) is 0 Å². The third-order valence-electron chi connectivity index (χ3n) is 3.05. The summed E-state index contributed by atoms with van der Waals surface area (Å²) in [4.78, 5) is 26.1. The quantitative estimate of drug-likeness (QED) is 0.576. The van der Waals surface area contributed by atoms with E-state index < -0.39 is 10.7 Å². The number of nitrogens with two attached hydrogens (primary N) is 1. The van der Waals surface area contributed by atoms with E-state index in [9.17, 15) is 14.9 Å². The van der Waals surface area contributed by atoms with E-state index in [1.54, 1.807) is 12.1 Å². The Kier molecular flexibility index (Phi) is 2.90. The number of nitro groups is 1. The van der Waals surface area contributed by atoms with Gasteiger partial charge in [-0.2, -0.15) is 0 Å². The average molecular weight is 286 g/mol. The van der Waals surface area contributed by atoms with Gasteiger partial charge in [0.2, 0.25) is 0 Å². The summed E-state index contributed by atoms with van der Waals surface area (Å²) in [6.07, 6.45) is 1.54. The lowest BCUT2D eigenvalue weighted by molar-refractivity contribution is -0.384. The molecule has 0 unspecified atom stereocenters. The average Bonchev–Trinajstić information content (AvgIpc) is 2.77. The summed E-state index contributed by atoms with van der Waals surface area (Å²) in [6, 6.07) is 7.36. The van der Waals surface area contributed by atoms with E-state index in [1.807, 2.05) is 0 Å². The minimum Gasteiger partial charge on any atom is -0.408 e. The molecule has 0 saturated carbocycles. The van der Waals surface area contributed by atoms with Gasteiger partial charge in [-0.1, -0.05) is 6.07 Å². The fourth-order valence-electron chi connectivity index (χ4n) is 2.03. The molecule has 0 fully saturated rings. The molecule has 0 amide bonds. The van der Waals surface area contributed by atoms with Crippen LogP contribution in [0.15, 0.2) is 45.7 Å². The summed E-state index contributed by atoms with van der Waals surface area (Å²) < 4.78 is 6.38. The van der Waals surface area contributed by atoms with Crippen molar-refractivity contribution in [2.75, 3.05) is 5.73 Å². The standard InChI is InChI=1S/C13H10N4O4/c14-12-4-1-8(6-15-12)7-16-10-5-9(17(19)20)2-3-11(10)21-13(16)18/h1-6H,7H2,(H2,14,15). The maximum absolute atomic E-state index is 11.9. The van der Waals surface area contributed by atoms with Gasteiger partial charge in [-0.25, -0.2) is 9.78 Å². The van der Waals surface area contributed by atoms with Gasteiger partial charge < -0.3 is 10.2 Å². The Morgan fingerprint density at radius 1 is 1.33 bits per heavy atom. The molecule has 0 bridgehead atoms. The normalized spacial score (nSPS) is 10.9. The van der Waals surface area contributed by atoms with E-state index >= 15 is 0 Å². The van der Waals surface area contributed by atoms with Crippen molar-refractivity contribution in [2.45, 2.75) is 6.54 Å². The zero-order valence-electron chi connectivity index (χ0n) is 10.7. The molecule has 0 aliphatic carbocycles. The third-order valence-corrected chi connectivity index (χ3v) is 3.05. The van der Waals surface area contributed by atoms with Crippen LogP contribution in [-0.4, -0.2) is 14.5 Å². The number of non-ortho nitro benzene ring substituents is 1. The summed E-state index contributed by atoms with van der Waals surface area (Å²) in [7, 11) is 0. The smallest absolute Gasteiger partial charge is 0.408 e. The number of fused-ring (bicyclic) bond motifs is 1. The second-order valence-electron chi connectivity index (χ2n) is 4.45. The van der Waals surface area contributed by atoms with Crippen molar-refractivity contribution in [3.8, 4) is 0 Å². The fraction of sp³-hybridized carbons (Fsp3) is 0.0769. The van der Waals surface area contributed by atoms with Crippen LogP contribution in [0.5, 0.6) is 0 Å². The lowest BCUT2D eigenvalue weighted by Crippen LogP contribution is -2.15. The Hall–Kier alpha value is -3.16. The van der Waals surface area contributed by atoms with Crippen LogP contribution >= 0.6 is 0 Å². The number of nitrogen functional groups attached to an aromatic ring is 1. The number of pyridine rings is 1. The van der Waals surface area contributed by atoms with Crippen molar-refractivity contribution in [3.05, 3.63) is 62.8 Å². The number of anilines is 1. The zero-order valence-corrected chi connectivity index (χ0v) is 10.7. The van der Waals surface area contributed by atoms with Gasteiger partial charge in [-0.05, 0) is 17.7 Å². The number of oxazole rings is 1. The molecule has 0 atom stereocenters. The Labute approximate surface area is 117 Å². The molecule has 106 valence electrons. The highest BCUT2D eigenvalue weighted by atomic mass is 16.6. The zero-order chi connectivity index (χ0) is 15.0. The van der Waals surface area contributed by atoms with Crippen molar-refractivity contribution in [3.63, 3.8) is 0 Å². The van der Waals surface area contributed by atoms with Crippen LogP contribution in [0.1, 0.15) is 5.56 Å². The van der Waals surface area contributed by atoms with Crippen LogP contribution in [-0.2, 0) is 6.54 Å². The minimum absolute atomic E-state index is 0.104. The monoisotopic (exact) mass is 286 g/mol. The minimum atomic E-state index is -0.581. The van der Waals surface area contributed by atoms with Crippen molar-refractivity contribution in [1.82, 2.24) is 9.55 Å². The fourth-order valence-corrected chi connectivity index (χ4v) is 2.03. The predicted octanol–water partition coefficient (Wildman–Crippen LogP) is 1.53. The van der Waals surface area contributed by atoms with Crippen molar-refractivity contribution in [2.24, 2.45) is 0 Å². The number of nitrogens with zero attached hydrogens (tertiary/aromatic N) is 3.